The SMILES string of the molecule is O=C(CN1C(=O)C(=O)N(CCC2=CCCCC2)C1=O)N1CCC[C@H](c2nc3ccccc3s2)C1. The molecule has 1 aromatic carbocycles. The van der Waals surface area contributed by atoms with Crippen LogP contribution in [0.2, 0.25) is 0 Å². The number of amides is 5. The van der Waals surface area contributed by atoms with Crippen LogP contribution in [0.3, 0.4) is 0 Å². The molecule has 1 aromatic heterocycles. The Hall–Kier alpha value is -3.07. The van der Waals surface area contributed by atoms with E-state index in [1.165, 1.54) is 5.57 Å². The van der Waals surface area contributed by atoms with Crippen molar-refractivity contribution in [2.75, 3.05) is 26.2 Å². The van der Waals surface area contributed by atoms with Crippen LogP contribution >= 0.6 is 11.3 Å². The fourth-order valence-corrected chi connectivity index (χ4v) is 6.07. The second-order valence-corrected chi connectivity index (χ2v) is 10.2. The molecule has 2 aromatic rings. The molecule has 5 rings (SSSR count). The maximum atomic E-state index is 13.0. The largest absolute Gasteiger partial charge is 0.340 e. The van der Waals surface area contributed by atoms with Crippen molar-refractivity contribution in [3.63, 3.8) is 0 Å². The first-order valence-electron chi connectivity index (χ1n) is 12.0. The van der Waals surface area contributed by atoms with Gasteiger partial charge in [0.1, 0.15) is 6.54 Å². The summed E-state index contributed by atoms with van der Waals surface area (Å²) in [6.07, 6.45) is 8.78. The van der Waals surface area contributed by atoms with Crippen molar-refractivity contribution < 1.29 is 19.2 Å². The fourth-order valence-electron chi connectivity index (χ4n) is 4.98. The minimum atomic E-state index is -0.907. The lowest BCUT2D eigenvalue weighted by atomic mass is 9.97. The summed E-state index contributed by atoms with van der Waals surface area (Å²) in [5.74, 6) is -1.92. The van der Waals surface area contributed by atoms with Crippen molar-refractivity contribution in [2.45, 2.75) is 50.9 Å². The molecule has 2 saturated heterocycles. The van der Waals surface area contributed by atoms with Gasteiger partial charge in [-0.3, -0.25) is 19.3 Å². The number of fused-ring (bicyclic) bond motifs is 1. The summed E-state index contributed by atoms with van der Waals surface area (Å²) in [7, 11) is 0. The molecule has 34 heavy (non-hydrogen) atoms. The Labute approximate surface area is 202 Å². The maximum Gasteiger partial charge on any atom is 0.334 e. The van der Waals surface area contributed by atoms with Crippen LogP contribution in [0.25, 0.3) is 10.2 Å². The lowest BCUT2D eigenvalue weighted by Gasteiger charge is -2.32. The van der Waals surface area contributed by atoms with Gasteiger partial charge in [-0.25, -0.2) is 14.7 Å². The molecule has 8 nitrogen and oxygen atoms in total. The average molecular weight is 481 g/mol. The number of piperidine rings is 1. The van der Waals surface area contributed by atoms with Crippen LogP contribution < -0.4 is 0 Å². The maximum absolute atomic E-state index is 13.0. The van der Waals surface area contributed by atoms with E-state index in [9.17, 15) is 19.2 Å². The van der Waals surface area contributed by atoms with E-state index in [0.717, 1.165) is 63.5 Å². The molecule has 9 heteroatoms. The number of likely N-dealkylation sites (tertiary alicyclic amines) is 1. The molecule has 1 atom stereocenters. The lowest BCUT2D eigenvalue weighted by molar-refractivity contribution is -0.145. The number of hydrogen-bond acceptors (Lipinski definition) is 6. The lowest BCUT2D eigenvalue weighted by Crippen LogP contribution is -2.46. The van der Waals surface area contributed by atoms with Gasteiger partial charge in [-0.05, 0) is 57.1 Å². The first-order valence-corrected chi connectivity index (χ1v) is 12.8. The van der Waals surface area contributed by atoms with Gasteiger partial charge in [-0.15, -0.1) is 11.3 Å². The van der Waals surface area contributed by atoms with E-state index in [-0.39, 0.29) is 18.4 Å². The molecular weight excluding hydrogens is 452 g/mol. The summed E-state index contributed by atoms with van der Waals surface area (Å²) in [6, 6.07) is 7.30. The highest BCUT2D eigenvalue weighted by Gasteiger charge is 2.45. The zero-order chi connectivity index (χ0) is 23.7. The summed E-state index contributed by atoms with van der Waals surface area (Å²) in [5, 5.41) is 1.00. The molecule has 2 aliphatic heterocycles. The Morgan fingerprint density at radius 2 is 1.88 bits per heavy atom. The molecule has 178 valence electrons. The van der Waals surface area contributed by atoms with Gasteiger partial charge >= 0.3 is 17.8 Å². The molecule has 0 bridgehead atoms. The Morgan fingerprint density at radius 1 is 1.06 bits per heavy atom. The van der Waals surface area contributed by atoms with Crippen molar-refractivity contribution in [2.24, 2.45) is 0 Å². The second kappa shape index (κ2) is 9.66. The third-order valence-electron chi connectivity index (χ3n) is 6.90. The van der Waals surface area contributed by atoms with E-state index >= 15 is 0 Å². The van der Waals surface area contributed by atoms with Crippen LogP contribution in [-0.2, 0) is 14.4 Å². The predicted octanol–water partition coefficient (Wildman–Crippen LogP) is 3.68. The quantitative estimate of drug-likeness (QED) is 0.357. The number of benzene rings is 1. The number of carbonyl (C=O) groups excluding carboxylic acids is 4. The number of nitrogens with zero attached hydrogens (tertiary/aromatic N) is 4. The molecule has 0 N–H and O–H groups in total. The van der Waals surface area contributed by atoms with E-state index in [1.807, 2.05) is 24.3 Å². The van der Waals surface area contributed by atoms with Crippen LogP contribution in [-0.4, -0.2) is 69.6 Å². The fraction of sp³-hybridized carbons (Fsp3) is 0.480. The highest BCUT2D eigenvalue weighted by molar-refractivity contribution is 7.18. The van der Waals surface area contributed by atoms with Crippen LogP contribution in [0.5, 0.6) is 0 Å². The molecule has 3 heterocycles. The van der Waals surface area contributed by atoms with Gasteiger partial charge in [0.05, 0.1) is 15.2 Å². The van der Waals surface area contributed by atoms with Crippen molar-refractivity contribution in [3.8, 4) is 0 Å². The van der Waals surface area contributed by atoms with Gasteiger partial charge in [-0.2, -0.15) is 0 Å². The Balaban J connectivity index is 1.21. The standard InChI is InChI=1S/C25H28N4O4S/c30-21(27-13-6-9-18(15-27)22-26-19-10-4-5-11-20(19)34-22)16-29-24(32)23(31)28(25(29)33)14-12-17-7-2-1-3-8-17/h4-5,7,10-11,18H,1-3,6,8-9,12-16H2/t18-/m0/s1. The summed E-state index contributed by atoms with van der Waals surface area (Å²) >= 11 is 1.65. The van der Waals surface area contributed by atoms with Gasteiger partial charge in [0.15, 0.2) is 0 Å². The van der Waals surface area contributed by atoms with E-state index in [2.05, 4.69) is 6.08 Å². The number of para-hydroxylation sites is 1. The van der Waals surface area contributed by atoms with E-state index in [4.69, 9.17) is 4.98 Å². The number of imide groups is 2. The highest BCUT2D eigenvalue weighted by atomic mass is 32.1. The zero-order valence-corrected chi connectivity index (χ0v) is 19.9. The van der Waals surface area contributed by atoms with Crippen LogP contribution in [0, 0.1) is 0 Å². The van der Waals surface area contributed by atoms with Crippen molar-refractivity contribution >= 4 is 45.3 Å². The number of rotatable bonds is 6. The summed E-state index contributed by atoms with van der Waals surface area (Å²) in [5.41, 5.74) is 2.19. The number of allylic oxidation sites excluding steroid dienone is 1. The first-order chi connectivity index (χ1) is 16.5. The van der Waals surface area contributed by atoms with Gasteiger partial charge in [-0.1, -0.05) is 23.8 Å². The monoisotopic (exact) mass is 480 g/mol. The van der Waals surface area contributed by atoms with Crippen molar-refractivity contribution in [3.05, 3.63) is 40.9 Å². The molecule has 0 spiro atoms. The Bertz CT molecular complexity index is 1140. The molecule has 0 saturated carbocycles. The van der Waals surface area contributed by atoms with Crippen LogP contribution in [0.1, 0.15) is 55.9 Å². The minimum Gasteiger partial charge on any atom is -0.340 e. The van der Waals surface area contributed by atoms with Crippen LogP contribution in [0.4, 0.5) is 4.79 Å². The summed E-state index contributed by atoms with van der Waals surface area (Å²) in [6.45, 7) is 0.863. The van der Waals surface area contributed by atoms with Crippen molar-refractivity contribution in [1.29, 1.82) is 0 Å². The second-order valence-electron chi connectivity index (χ2n) is 9.19. The average Bonchev–Trinajstić information content (AvgIpc) is 3.39. The third-order valence-corrected chi connectivity index (χ3v) is 8.10. The minimum absolute atomic E-state index is 0.127. The number of urea groups is 1. The Morgan fingerprint density at radius 3 is 2.68 bits per heavy atom. The first kappa shape index (κ1) is 22.7. The van der Waals surface area contributed by atoms with Gasteiger partial charge < -0.3 is 4.90 Å². The Kier molecular flexibility index (Phi) is 6.45. The molecule has 5 amide bonds. The number of aromatic nitrogens is 1. The number of hydrogen-bond donors (Lipinski definition) is 0. The molecular formula is C25H28N4O4S. The molecule has 2 fully saturated rings. The van der Waals surface area contributed by atoms with E-state index in [0.29, 0.717) is 19.5 Å². The zero-order valence-electron chi connectivity index (χ0n) is 19.1. The highest BCUT2D eigenvalue weighted by Crippen LogP contribution is 2.33. The summed E-state index contributed by atoms with van der Waals surface area (Å²) in [4.78, 5) is 59.0. The molecule has 1 aliphatic carbocycles. The predicted molar refractivity (Wildman–Crippen MR) is 128 cm³/mol. The number of thiazole rings is 1. The molecule has 3 aliphatic rings. The smallest absolute Gasteiger partial charge is 0.334 e. The van der Waals surface area contributed by atoms with Crippen LogP contribution in [0.15, 0.2) is 35.9 Å². The normalized spacial score (nSPS) is 21.5. The van der Waals surface area contributed by atoms with Gasteiger partial charge in [0.2, 0.25) is 5.91 Å². The molecule has 0 unspecified atom stereocenters. The number of carbonyl (C=O) groups is 4. The van der Waals surface area contributed by atoms with Gasteiger partial charge in [0, 0.05) is 25.6 Å². The molecule has 0 radical (unpaired) electrons. The van der Waals surface area contributed by atoms with E-state index < -0.39 is 24.4 Å². The third kappa shape index (κ3) is 4.49. The van der Waals surface area contributed by atoms with E-state index in [1.54, 1.807) is 16.2 Å². The van der Waals surface area contributed by atoms with Gasteiger partial charge in [0.25, 0.3) is 0 Å². The van der Waals surface area contributed by atoms with Crippen molar-refractivity contribution in [1.82, 2.24) is 19.7 Å². The summed E-state index contributed by atoms with van der Waals surface area (Å²) < 4.78 is 1.12. The topological polar surface area (TPSA) is 90.9 Å².